The largest absolute Gasteiger partial charge is 0.345 e. The fourth-order valence-corrected chi connectivity index (χ4v) is 1.92. The highest BCUT2D eigenvalue weighted by atomic mass is 79.9. The third kappa shape index (κ3) is 2.76. The lowest BCUT2D eigenvalue weighted by Gasteiger charge is -2.07. The monoisotopic (exact) mass is 308 g/mol. The van der Waals surface area contributed by atoms with E-state index < -0.39 is 0 Å². The van der Waals surface area contributed by atoms with E-state index in [9.17, 15) is 4.79 Å². The van der Waals surface area contributed by atoms with Crippen molar-refractivity contribution in [2.45, 2.75) is 13.5 Å². The minimum Gasteiger partial charge on any atom is -0.345 e. The number of carbonyl (C=O) groups excluding carboxylic acids is 1. The first-order valence-electron chi connectivity index (χ1n) is 5.45. The van der Waals surface area contributed by atoms with Crippen LogP contribution in [-0.4, -0.2) is 20.7 Å². The Bertz CT molecular complexity index is 579. The quantitative estimate of drug-likeness (QED) is 0.941. The lowest BCUT2D eigenvalue weighted by molar-refractivity contribution is 0.0949. The maximum Gasteiger partial charge on any atom is 0.251 e. The van der Waals surface area contributed by atoms with E-state index in [0.717, 1.165) is 15.9 Å². The van der Waals surface area contributed by atoms with Crippen LogP contribution in [0.1, 0.15) is 21.7 Å². The molecule has 1 amide bonds. The molecule has 18 heavy (non-hydrogen) atoms. The molecule has 5 nitrogen and oxygen atoms in total. The highest BCUT2D eigenvalue weighted by Gasteiger charge is 2.10. The molecule has 1 aromatic carbocycles. The topological polar surface area (TPSA) is 59.8 Å². The molecule has 0 fully saturated rings. The van der Waals surface area contributed by atoms with Gasteiger partial charge >= 0.3 is 0 Å². The lowest BCUT2D eigenvalue weighted by Crippen LogP contribution is -2.25. The number of halogens is 1. The van der Waals surface area contributed by atoms with E-state index in [1.807, 2.05) is 26.1 Å². The molecule has 0 bridgehead atoms. The molecule has 0 saturated heterocycles. The number of rotatable bonds is 3. The van der Waals surface area contributed by atoms with Gasteiger partial charge in [-0.15, -0.1) is 10.2 Å². The van der Waals surface area contributed by atoms with Crippen molar-refractivity contribution in [2.24, 2.45) is 7.05 Å². The summed E-state index contributed by atoms with van der Waals surface area (Å²) in [5, 5.41) is 10.5. The zero-order valence-electron chi connectivity index (χ0n) is 10.1. The molecular formula is C12H13BrN4O. The smallest absolute Gasteiger partial charge is 0.251 e. The van der Waals surface area contributed by atoms with Crippen molar-refractivity contribution in [3.63, 3.8) is 0 Å². The second kappa shape index (κ2) is 5.30. The normalized spacial score (nSPS) is 10.4. The number of amides is 1. The molecule has 0 saturated carbocycles. The summed E-state index contributed by atoms with van der Waals surface area (Å²) in [6.45, 7) is 2.27. The van der Waals surface area contributed by atoms with Crippen LogP contribution in [0.3, 0.4) is 0 Å². The minimum absolute atomic E-state index is 0.114. The van der Waals surface area contributed by atoms with Crippen LogP contribution in [0, 0.1) is 6.92 Å². The fourth-order valence-electron chi connectivity index (χ4n) is 1.56. The average molecular weight is 309 g/mol. The second-order valence-corrected chi connectivity index (χ2v) is 4.92. The molecule has 0 unspecified atom stereocenters. The van der Waals surface area contributed by atoms with Gasteiger partial charge in [0.25, 0.3) is 5.91 Å². The van der Waals surface area contributed by atoms with E-state index in [1.165, 1.54) is 0 Å². The number of benzene rings is 1. The number of aryl methyl sites for hydroxylation is 2. The van der Waals surface area contributed by atoms with Gasteiger partial charge in [0.15, 0.2) is 5.82 Å². The van der Waals surface area contributed by atoms with Gasteiger partial charge in [-0.2, -0.15) is 0 Å². The molecule has 1 aromatic heterocycles. The minimum atomic E-state index is -0.114. The van der Waals surface area contributed by atoms with E-state index in [4.69, 9.17) is 0 Å². The average Bonchev–Trinajstić information content (AvgIpc) is 2.75. The number of carbonyl (C=O) groups is 1. The molecule has 94 valence electrons. The summed E-state index contributed by atoms with van der Waals surface area (Å²) in [6, 6.07) is 5.62. The number of hydrogen-bond acceptors (Lipinski definition) is 3. The maximum atomic E-state index is 12.0. The van der Waals surface area contributed by atoms with E-state index >= 15 is 0 Å². The molecule has 2 aromatic rings. The van der Waals surface area contributed by atoms with Crippen LogP contribution in [0.15, 0.2) is 29.0 Å². The summed E-state index contributed by atoms with van der Waals surface area (Å²) >= 11 is 3.36. The van der Waals surface area contributed by atoms with Gasteiger partial charge in [-0.05, 0) is 24.6 Å². The summed E-state index contributed by atoms with van der Waals surface area (Å²) in [5.41, 5.74) is 1.60. The summed E-state index contributed by atoms with van der Waals surface area (Å²) in [6.07, 6.45) is 1.60. The van der Waals surface area contributed by atoms with Gasteiger partial charge in [-0.25, -0.2) is 0 Å². The highest BCUT2D eigenvalue weighted by molar-refractivity contribution is 9.10. The van der Waals surface area contributed by atoms with Gasteiger partial charge < -0.3 is 9.88 Å². The second-order valence-electron chi connectivity index (χ2n) is 4.00. The van der Waals surface area contributed by atoms with Crippen LogP contribution in [0.2, 0.25) is 0 Å². The molecule has 6 heteroatoms. The molecule has 0 aliphatic heterocycles. The molecule has 0 spiro atoms. The van der Waals surface area contributed by atoms with E-state index in [1.54, 1.807) is 17.0 Å². The number of aromatic nitrogens is 3. The van der Waals surface area contributed by atoms with E-state index in [-0.39, 0.29) is 5.91 Å². The van der Waals surface area contributed by atoms with E-state index in [0.29, 0.717) is 12.1 Å². The maximum absolute atomic E-state index is 12.0. The van der Waals surface area contributed by atoms with Crippen LogP contribution >= 0.6 is 15.9 Å². The fraction of sp³-hybridized carbons (Fsp3) is 0.250. The Labute approximate surface area is 113 Å². The zero-order chi connectivity index (χ0) is 13.1. The zero-order valence-corrected chi connectivity index (χ0v) is 11.7. The van der Waals surface area contributed by atoms with Crippen molar-refractivity contribution in [1.82, 2.24) is 20.1 Å². The summed E-state index contributed by atoms with van der Waals surface area (Å²) in [5.74, 6) is 0.604. The third-order valence-corrected chi connectivity index (χ3v) is 3.15. The van der Waals surface area contributed by atoms with Crippen molar-refractivity contribution in [1.29, 1.82) is 0 Å². The predicted molar refractivity (Wildman–Crippen MR) is 71.1 cm³/mol. The SMILES string of the molecule is Cc1ccc(Br)cc1C(=O)NCc1nncn1C. The Morgan fingerprint density at radius 3 is 2.94 bits per heavy atom. The van der Waals surface area contributed by atoms with Gasteiger partial charge in [0, 0.05) is 17.1 Å². The van der Waals surface area contributed by atoms with Gasteiger partial charge in [0.1, 0.15) is 6.33 Å². The highest BCUT2D eigenvalue weighted by Crippen LogP contribution is 2.15. The molecule has 0 aliphatic carbocycles. The Balaban J connectivity index is 2.08. The summed E-state index contributed by atoms with van der Waals surface area (Å²) in [4.78, 5) is 12.0. The van der Waals surface area contributed by atoms with Crippen molar-refractivity contribution in [2.75, 3.05) is 0 Å². The molecule has 1 heterocycles. The van der Waals surface area contributed by atoms with E-state index in [2.05, 4.69) is 31.4 Å². The van der Waals surface area contributed by atoms with Crippen LogP contribution in [0.5, 0.6) is 0 Å². The Kier molecular flexibility index (Phi) is 3.76. The van der Waals surface area contributed by atoms with Crippen LogP contribution in [0.4, 0.5) is 0 Å². The predicted octanol–water partition coefficient (Wildman–Crippen LogP) is 1.82. The Morgan fingerprint density at radius 1 is 1.50 bits per heavy atom. The number of nitrogens with one attached hydrogen (secondary N) is 1. The summed E-state index contributed by atoms with van der Waals surface area (Å²) in [7, 11) is 1.84. The molecule has 0 aliphatic rings. The van der Waals surface area contributed by atoms with Crippen molar-refractivity contribution in [3.05, 3.63) is 46.0 Å². The third-order valence-electron chi connectivity index (χ3n) is 2.66. The van der Waals surface area contributed by atoms with Crippen LogP contribution in [0.25, 0.3) is 0 Å². The first kappa shape index (κ1) is 12.8. The van der Waals surface area contributed by atoms with Gasteiger partial charge in [-0.1, -0.05) is 22.0 Å². The Morgan fingerprint density at radius 2 is 2.28 bits per heavy atom. The van der Waals surface area contributed by atoms with Gasteiger partial charge in [-0.3, -0.25) is 4.79 Å². The molecule has 0 radical (unpaired) electrons. The van der Waals surface area contributed by atoms with Crippen LogP contribution in [-0.2, 0) is 13.6 Å². The molecule has 2 rings (SSSR count). The standard InChI is InChI=1S/C12H13BrN4O/c1-8-3-4-9(13)5-10(8)12(18)14-6-11-16-15-7-17(11)2/h3-5,7H,6H2,1-2H3,(H,14,18). The van der Waals surface area contributed by atoms with Crippen LogP contribution < -0.4 is 5.32 Å². The molecule has 0 atom stereocenters. The van der Waals surface area contributed by atoms with Crippen molar-refractivity contribution < 1.29 is 4.79 Å². The molecule has 1 N–H and O–H groups in total. The summed E-state index contributed by atoms with van der Waals surface area (Å²) < 4.78 is 2.66. The van der Waals surface area contributed by atoms with Gasteiger partial charge in [0.2, 0.25) is 0 Å². The molecular weight excluding hydrogens is 296 g/mol. The van der Waals surface area contributed by atoms with Crippen molar-refractivity contribution in [3.8, 4) is 0 Å². The first-order chi connectivity index (χ1) is 8.58. The lowest BCUT2D eigenvalue weighted by atomic mass is 10.1. The van der Waals surface area contributed by atoms with Crippen molar-refractivity contribution >= 4 is 21.8 Å². The number of hydrogen-bond donors (Lipinski definition) is 1. The first-order valence-corrected chi connectivity index (χ1v) is 6.24. The number of nitrogens with zero attached hydrogens (tertiary/aromatic N) is 3. The van der Waals surface area contributed by atoms with Gasteiger partial charge in [0.05, 0.1) is 6.54 Å². The Hall–Kier alpha value is -1.69.